The SMILES string of the molecule is C=C(C)C(=O)OCCCC(CC)(CC)C(=O)N=C1[N-]C(=Cc2[nH]c(NC(=O)C(CC)(CC)CCCSC(CC(=O)O)C(=O)O)c(C(=O)OC3C(C(C)(C)C)CC(C)CC3C(C)(C)C)c2C(C)C)C(C(C)C)=C1C(=O)OC1C(C(C)(C)C)CC(C)CC1C(C)(C)C.[Zn]. The standard InChI is InChI=1S/C73H118N4O12S.Zn/c1-25-72(26-2,31-29-33-87-63(82)43(9)10)66(85)76-60-56(64(83)88-58-46(68(13,14)15)35-44(11)36-47(58)69(16,17)18)54(41(5)6)50(74-60)39-51-55(42(7)8)57(65(84)89-59-48(70(19,20)21)37-45(12)38-49(59)71(22,23)24)61(75-51)77-67(86)73(27-3,28-4)32-30-34-90-52(62(80)81)40-53(78)79;/h39,41-42,44-49,52,58-59H,9,25-38,40H2,1-8,10-24H3,(H5,74,75,76,77,78,79,80,81,83,84,85,86);/p-1. The van der Waals surface area contributed by atoms with E-state index in [0.29, 0.717) is 91.5 Å². The van der Waals surface area contributed by atoms with Crippen molar-refractivity contribution in [3.8, 4) is 0 Å². The fraction of sp³-hybridized carbons (Fsp3) is 0.753. The van der Waals surface area contributed by atoms with Gasteiger partial charge in [0.05, 0.1) is 18.6 Å². The van der Waals surface area contributed by atoms with Crippen LogP contribution in [-0.4, -0.2) is 92.5 Å². The minimum Gasteiger partial charge on any atom is -0.481 e. The molecule has 4 rings (SSSR count). The van der Waals surface area contributed by atoms with Crippen LogP contribution in [-0.2, 0) is 62.5 Å². The zero-order valence-corrected chi connectivity index (χ0v) is 64.0. The van der Waals surface area contributed by atoms with Crippen molar-refractivity contribution in [2.45, 2.75) is 266 Å². The number of aliphatic imine (C=N–C) groups is 1. The predicted molar refractivity (Wildman–Crippen MR) is 363 cm³/mol. The number of carbonyl (C=O) groups is 7. The van der Waals surface area contributed by atoms with Gasteiger partial charge in [-0.05, 0) is 164 Å². The molecule has 2 heterocycles. The molecule has 0 spiro atoms. The topological polar surface area (TPSA) is 242 Å². The second-order valence-corrected chi connectivity index (χ2v) is 33.1. The molecule has 5 atom stereocenters. The number of allylic oxidation sites excluding steroid dienone is 1. The van der Waals surface area contributed by atoms with Crippen LogP contribution >= 0.6 is 11.8 Å². The Kier molecular flexibility index (Phi) is 29.0. The van der Waals surface area contributed by atoms with Crippen molar-refractivity contribution in [2.24, 2.45) is 78.9 Å². The first kappa shape index (κ1) is 80.7. The number of H-pyrrole nitrogens is 1. The van der Waals surface area contributed by atoms with E-state index in [2.05, 4.69) is 114 Å². The molecule has 3 aliphatic rings. The van der Waals surface area contributed by atoms with Crippen LogP contribution in [0.15, 0.2) is 34.0 Å². The van der Waals surface area contributed by atoms with Crippen LogP contribution in [0.2, 0.25) is 0 Å². The molecule has 1 aliphatic heterocycles. The van der Waals surface area contributed by atoms with Gasteiger partial charge in [-0.3, -0.25) is 19.2 Å². The molecule has 1 aromatic rings. The number of rotatable bonds is 27. The Labute approximate surface area is 564 Å². The van der Waals surface area contributed by atoms with Crippen molar-refractivity contribution in [3.05, 3.63) is 51.1 Å². The Bertz CT molecular complexity index is 2800. The van der Waals surface area contributed by atoms with Crippen molar-refractivity contribution < 1.29 is 77.5 Å². The summed E-state index contributed by atoms with van der Waals surface area (Å²) in [5, 5.41) is 26.5. The molecule has 18 heteroatoms. The maximum absolute atomic E-state index is 15.8. The monoisotopic (exact) mass is 1340 g/mol. The molecule has 2 aliphatic carbocycles. The Morgan fingerprint density at radius 2 is 1.15 bits per heavy atom. The molecule has 0 bridgehead atoms. The summed E-state index contributed by atoms with van der Waals surface area (Å²) in [5.41, 5.74) is -0.605. The van der Waals surface area contributed by atoms with Gasteiger partial charge >= 0.3 is 29.8 Å². The summed E-state index contributed by atoms with van der Waals surface area (Å²) in [6.45, 7) is 51.8. The number of nitrogens with zero attached hydrogens (tertiary/aromatic N) is 2. The van der Waals surface area contributed by atoms with Gasteiger partial charge in [0.15, 0.2) is 5.91 Å². The van der Waals surface area contributed by atoms with Crippen LogP contribution in [0.25, 0.3) is 11.4 Å². The number of amidine groups is 1. The van der Waals surface area contributed by atoms with Gasteiger partial charge in [0.2, 0.25) is 5.91 Å². The molecule has 0 aromatic carbocycles. The molecule has 16 nitrogen and oxygen atoms in total. The van der Waals surface area contributed by atoms with E-state index in [1.165, 1.54) is 0 Å². The van der Waals surface area contributed by atoms with Gasteiger partial charge in [0.25, 0.3) is 0 Å². The Balaban J connectivity index is 0.0000216. The summed E-state index contributed by atoms with van der Waals surface area (Å²) in [6, 6.07) is 0. The van der Waals surface area contributed by atoms with Crippen molar-refractivity contribution in [1.82, 2.24) is 4.98 Å². The predicted octanol–water partition coefficient (Wildman–Crippen LogP) is 17.6. The molecule has 2 amide bonds. The Hall–Kier alpha value is -4.57. The molecular formula is C73H117N4O12SZn-. The van der Waals surface area contributed by atoms with E-state index in [-0.39, 0.29) is 118 Å². The van der Waals surface area contributed by atoms with E-state index < -0.39 is 70.5 Å². The number of amides is 2. The maximum Gasteiger partial charge on any atom is 0.342 e. The van der Waals surface area contributed by atoms with Crippen LogP contribution in [0.4, 0.5) is 5.82 Å². The van der Waals surface area contributed by atoms with Crippen LogP contribution in [0.3, 0.4) is 0 Å². The van der Waals surface area contributed by atoms with Crippen LogP contribution < -0.4 is 5.32 Å². The Morgan fingerprint density at radius 1 is 0.703 bits per heavy atom. The average Bonchev–Trinajstić information content (AvgIpc) is 1.75. The molecule has 0 saturated heterocycles. The van der Waals surface area contributed by atoms with E-state index >= 15 is 19.2 Å². The largest absolute Gasteiger partial charge is 0.481 e. The summed E-state index contributed by atoms with van der Waals surface area (Å²) in [6.07, 6.45) is 6.83. The van der Waals surface area contributed by atoms with Gasteiger partial charge in [0.1, 0.15) is 28.8 Å². The zero-order chi connectivity index (χ0) is 68.6. The zero-order valence-electron chi connectivity index (χ0n) is 60.2. The first-order valence-electron chi connectivity index (χ1n) is 33.6. The summed E-state index contributed by atoms with van der Waals surface area (Å²) < 4.78 is 19.4. The normalized spacial score (nSPS) is 23.2. The summed E-state index contributed by atoms with van der Waals surface area (Å²) in [4.78, 5) is 106. The fourth-order valence-electron chi connectivity index (χ4n) is 14.5. The Morgan fingerprint density at radius 3 is 1.55 bits per heavy atom. The fourth-order valence-corrected chi connectivity index (χ4v) is 15.5. The first-order valence-corrected chi connectivity index (χ1v) is 34.7. The number of aliphatic carboxylic acids is 2. The van der Waals surface area contributed by atoms with Crippen molar-refractivity contribution in [3.63, 3.8) is 0 Å². The number of nitrogens with one attached hydrogen (secondary N) is 2. The molecule has 2 saturated carbocycles. The third-order valence-corrected chi connectivity index (χ3v) is 21.6. The number of aromatic nitrogens is 1. The second-order valence-electron chi connectivity index (χ2n) is 31.8. The van der Waals surface area contributed by atoms with Gasteiger partial charge in [-0.2, -0.15) is 0 Å². The molecular weight excluding hydrogens is 1220 g/mol. The third-order valence-electron chi connectivity index (χ3n) is 20.3. The first-order chi connectivity index (χ1) is 41.4. The number of esters is 3. The number of thioether (sulfide) groups is 1. The number of hydrogen-bond acceptors (Lipinski definition) is 11. The molecule has 1 aromatic heterocycles. The third kappa shape index (κ3) is 20.2. The second kappa shape index (κ2) is 32.7. The molecule has 2 fully saturated rings. The van der Waals surface area contributed by atoms with Crippen molar-refractivity contribution >= 4 is 71.2 Å². The minimum atomic E-state index is -1.21. The summed E-state index contributed by atoms with van der Waals surface area (Å²) in [5.74, 6) is -4.61. The summed E-state index contributed by atoms with van der Waals surface area (Å²) >= 11 is 1.04. The van der Waals surface area contributed by atoms with Gasteiger partial charge in [-0.25, -0.2) is 14.4 Å². The van der Waals surface area contributed by atoms with Crippen LogP contribution in [0.1, 0.15) is 270 Å². The van der Waals surface area contributed by atoms with Crippen LogP contribution in [0.5, 0.6) is 0 Å². The van der Waals surface area contributed by atoms with E-state index in [9.17, 15) is 24.6 Å². The number of ether oxygens (including phenoxy) is 3. The molecule has 510 valence electrons. The number of carbonyl (C=O) groups excluding carboxylic acids is 5. The smallest absolute Gasteiger partial charge is 0.342 e. The van der Waals surface area contributed by atoms with Gasteiger partial charge in [0, 0.05) is 65.2 Å². The number of anilines is 1. The van der Waals surface area contributed by atoms with Crippen LogP contribution in [0, 0.1) is 73.9 Å². The van der Waals surface area contributed by atoms with E-state index in [0.717, 1.165) is 37.4 Å². The number of carboxylic acid groups (broad SMARTS) is 2. The van der Waals surface area contributed by atoms with E-state index in [1.807, 2.05) is 55.4 Å². The minimum absolute atomic E-state index is 0. The quantitative estimate of drug-likeness (QED) is 0.0211. The molecule has 0 radical (unpaired) electrons. The molecule has 5 unspecified atom stereocenters. The van der Waals surface area contributed by atoms with E-state index in [1.54, 1.807) is 13.0 Å². The van der Waals surface area contributed by atoms with Crippen molar-refractivity contribution in [1.29, 1.82) is 0 Å². The number of carboxylic acids is 2. The maximum atomic E-state index is 15.8. The van der Waals surface area contributed by atoms with E-state index in [4.69, 9.17) is 24.5 Å². The van der Waals surface area contributed by atoms with Crippen molar-refractivity contribution in [2.75, 3.05) is 17.7 Å². The summed E-state index contributed by atoms with van der Waals surface area (Å²) in [7, 11) is 0. The number of hydrogen-bond donors (Lipinski definition) is 4. The van der Waals surface area contributed by atoms with Gasteiger partial charge < -0.3 is 45.0 Å². The number of aromatic amines is 1. The van der Waals surface area contributed by atoms with Gasteiger partial charge in [-0.1, -0.05) is 159 Å². The van der Waals surface area contributed by atoms with Gasteiger partial charge in [-0.15, -0.1) is 11.8 Å². The molecule has 91 heavy (non-hydrogen) atoms. The molecule has 4 N–H and O–H groups in total. The average molecular weight is 1340 g/mol.